The molecule has 3 rings (SSSR count). The molecule has 0 amide bonds. The van der Waals surface area contributed by atoms with Crippen molar-refractivity contribution in [2.24, 2.45) is 0 Å². The molecule has 0 radical (unpaired) electrons. The van der Waals surface area contributed by atoms with Gasteiger partial charge in [-0.25, -0.2) is 0 Å². The number of phenols is 1. The van der Waals surface area contributed by atoms with Gasteiger partial charge in [0.15, 0.2) is 0 Å². The fourth-order valence-corrected chi connectivity index (χ4v) is 2.25. The van der Waals surface area contributed by atoms with Gasteiger partial charge in [-0.1, -0.05) is 18.2 Å². The van der Waals surface area contributed by atoms with Crippen LogP contribution in [0.2, 0.25) is 0 Å². The largest absolute Gasteiger partial charge is 0.508 e. The van der Waals surface area contributed by atoms with Gasteiger partial charge in [0, 0.05) is 22.7 Å². The third-order valence-electron chi connectivity index (χ3n) is 3.27. The molecule has 0 aliphatic rings. The monoisotopic (exact) mass is 276 g/mol. The lowest BCUT2D eigenvalue weighted by Crippen LogP contribution is -2.09. The molecule has 3 aromatic carbocycles. The van der Waals surface area contributed by atoms with Gasteiger partial charge in [-0.3, -0.25) is 0 Å². The first kappa shape index (κ1) is 13.1. The van der Waals surface area contributed by atoms with Gasteiger partial charge in [-0.05, 0) is 60.7 Å². The Kier molecular flexibility index (Phi) is 3.48. The van der Waals surface area contributed by atoms with Crippen molar-refractivity contribution >= 4 is 22.7 Å². The van der Waals surface area contributed by atoms with Crippen LogP contribution < -0.4 is 10.6 Å². The predicted octanol–water partition coefficient (Wildman–Crippen LogP) is 4.44. The van der Waals surface area contributed by atoms with Gasteiger partial charge in [-0.2, -0.15) is 0 Å². The number of anilines is 4. The molecule has 104 valence electrons. The first-order valence-corrected chi connectivity index (χ1v) is 6.74. The highest BCUT2D eigenvalue weighted by atomic mass is 16.3. The lowest BCUT2D eigenvalue weighted by molar-refractivity contribution is 0.475. The van der Waals surface area contributed by atoms with Crippen LogP contribution in [0.1, 0.15) is 0 Å². The molecule has 3 aromatic rings. The molecule has 0 spiro atoms. The number of rotatable bonds is 3. The van der Waals surface area contributed by atoms with E-state index in [1.807, 2.05) is 66.7 Å². The molecule has 0 fully saturated rings. The van der Waals surface area contributed by atoms with Gasteiger partial charge in [0.25, 0.3) is 0 Å². The van der Waals surface area contributed by atoms with E-state index in [2.05, 4.69) is 4.90 Å². The number of benzene rings is 3. The Morgan fingerprint density at radius 2 is 1.10 bits per heavy atom. The van der Waals surface area contributed by atoms with Crippen molar-refractivity contribution in [3.8, 4) is 5.75 Å². The minimum absolute atomic E-state index is 0.254. The number of hydrogen-bond donors (Lipinski definition) is 2. The fourth-order valence-electron chi connectivity index (χ4n) is 2.25. The molecule has 0 heterocycles. The average molecular weight is 276 g/mol. The second-order valence-electron chi connectivity index (χ2n) is 4.78. The highest BCUT2D eigenvalue weighted by Crippen LogP contribution is 2.35. The predicted molar refractivity (Wildman–Crippen MR) is 87.2 cm³/mol. The Morgan fingerprint density at radius 1 is 0.619 bits per heavy atom. The lowest BCUT2D eigenvalue weighted by Gasteiger charge is -2.25. The van der Waals surface area contributed by atoms with Gasteiger partial charge in [0.1, 0.15) is 5.75 Å². The number of nitrogens with two attached hydrogens (primary N) is 1. The molecular weight excluding hydrogens is 260 g/mol. The molecule has 3 heteroatoms. The van der Waals surface area contributed by atoms with E-state index < -0.39 is 0 Å². The van der Waals surface area contributed by atoms with E-state index in [0.29, 0.717) is 0 Å². The van der Waals surface area contributed by atoms with Crippen molar-refractivity contribution in [3.05, 3.63) is 78.9 Å². The zero-order valence-electron chi connectivity index (χ0n) is 11.5. The van der Waals surface area contributed by atoms with Crippen LogP contribution >= 0.6 is 0 Å². The summed E-state index contributed by atoms with van der Waals surface area (Å²) in [6.45, 7) is 0. The molecule has 0 unspecified atom stereocenters. The smallest absolute Gasteiger partial charge is 0.115 e. The number of hydrogen-bond acceptors (Lipinski definition) is 3. The van der Waals surface area contributed by atoms with Gasteiger partial charge in [0.2, 0.25) is 0 Å². The van der Waals surface area contributed by atoms with Crippen molar-refractivity contribution in [2.75, 3.05) is 10.6 Å². The van der Waals surface area contributed by atoms with E-state index in [-0.39, 0.29) is 5.75 Å². The van der Waals surface area contributed by atoms with Crippen LogP contribution in [0.3, 0.4) is 0 Å². The van der Waals surface area contributed by atoms with Gasteiger partial charge in [-0.15, -0.1) is 0 Å². The Hall–Kier alpha value is -2.94. The highest BCUT2D eigenvalue weighted by Gasteiger charge is 2.11. The molecule has 3 nitrogen and oxygen atoms in total. The first-order chi connectivity index (χ1) is 10.2. The van der Waals surface area contributed by atoms with Gasteiger partial charge < -0.3 is 15.7 Å². The number of nitrogens with zero attached hydrogens (tertiary/aromatic N) is 1. The van der Waals surface area contributed by atoms with Crippen LogP contribution in [-0.4, -0.2) is 5.11 Å². The van der Waals surface area contributed by atoms with Crippen LogP contribution in [0.25, 0.3) is 0 Å². The number of nitrogen functional groups attached to an aromatic ring is 1. The molecule has 0 saturated carbocycles. The Bertz CT molecular complexity index is 661. The summed E-state index contributed by atoms with van der Waals surface area (Å²) in [6, 6.07) is 24.9. The van der Waals surface area contributed by atoms with E-state index in [1.54, 1.807) is 12.1 Å². The lowest BCUT2D eigenvalue weighted by atomic mass is 10.2. The summed E-state index contributed by atoms with van der Waals surface area (Å²) in [7, 11) is 0. The van der Waals surface area contributed by atoms with Crippen molar-refractivity contribution in [2.45, 2.75) is 0 Å². The van der Waals surface area contributed by atoms with E-state index >= 15 is 0 Å². The molecular formula is C18H16N2O. The van der Waals surface area contributed by atoms with E-state index in [0.717, 1.165) is 22.7 Å². The summed E-state index contributed by atoms with van der Waals surface area (Å²) >= 11 is 0. The Morgan fingerprint density at radius 3 is 1.67 bits per heavy atom. The molecule has 21 heavy (non-hydrogen) atoms. The van der Waals surface area contributed by atoms with Gasteiger partial charge in [0.05, 0.1) is 0 Å². The number of phenolic OH excluding ortho intramolecular Hbond substituents is 1. The van der Waals surface area contributed by atoms with Crippen molar-refractivity contribution < 1.29 is 5.11 Å². The van der Waals surface area contributed by atoms with E-state index in [9.17, 15) is 5.11 Å². The fraction of sp³-hybridized carbons (Fsp3) is 0. The zero-order chi connectivity index (χ0) is 14.7. The minimum Gasteiger partial charge on any atom is -0.508 e. The van der Waals surface area contributed by atoms with Crippen LogP contribution in [0, 0.1) is 0 Å². The quantitative estimate of drug-likeness (QED) is 0.695. The van der Waals surface area contributed by atoms with Crippen molar-refractivity contribution in [1.29, 1.82) is 0 Å². The summed E-state index contributed by atoms with van der Waals surface area (Å²) in [6.07, 6.45) is 0. The molecule has 0 atom stereocenters. The first-order valence-electron chi connectivity index (χ1n) is 6.74. The molecule has 3 N–H and O–H groups in total. The maximum atomic E-state index is 9.48. The van der Waals surface area contributed by atoms with Crippen LogP contribution in [0.15, 0.2) is 78.9 Å². The second-order valence-corrected chi connectivity index (χ2v) is 4.78. The van der Waals surface area contributed by atoms with E-state index in [1.165, 1.54) is 0 Å². The van der Waals surface area contributed by atoms with Gasteiger partial charge >= 0.3 is 0 Å². The minimum atomic E-state index is 0.254. The van der Waals surface area contributed by atoms with Crippen LogP contribution in [0.4, 0.5) is 22.7 Å². The van der Waals surface area contributed by atoms with Crippen molar-refractivity contribution in [1.82, 2.24) is 0 Å². The third-order valence-corrected chi connectivity index (χ3v) is 3.27. The highest BCUT2D eigenvalue weighted by molar-refractivity contribution is 5.77. The zero-order valence-corrected chi connectivity index (χ0v) is 11.5. The third kappa shape index (κ3) is 2.82. The summed E-state index contributed by atoms with van der Waals surface area (Å²) in [4.78, 5) is 2.11. The summed E-state index contributed by atoms with van der Waals surface area (Å²) in [5.41, 5.74) is 9.55. The maximum absolute atomic E-state index is 9.48. The number of para-hydroxylation sites is 1. The van der Waals surface area contributed by atoms with Crippen LogP contribution in [0.5, 0.6) is 5.75 Å². The molecule has 0 saturated heterocycles. The topological polar surface area (TPSA) is 49.5 Å². The molecule has 0 bridgehead atoms. The summed E-state index contributed by atoms with van der Waals surface area (Å²) < 4.78 is 0. The standard InChI is InChI=1S/C18H16N2O/c19-14-6-8-16(9-7-14)20(15-4-2-1-3-5-15)17-10-12-18(21)13-11-17/h1-13,21H,19H2. The summed E-state index contributed by atoms with van der Waals surface area (Å²) in [5.74, 6) is 0.254. The second kappa shape index (κ2) is 5.59. The number of aromatic hydroxyl groups is 1. The summed E-state index contributed by atoms with van der Waals surface area (Å²) in [5, 5.41) is 9.48. The Balaban J connectivity index is 2.11. The average Bonchev–Trinajstić information content (AvgIpc) is 2.52. The normalized spacial score (nSPS) is 10.3. The van der Waals surface area contributed by atoms with Crippen molar-refractivity contribution in [3.63, 3.8) is 0 Å². The maximum Gasteiger partial charge on any atom is 0.115 e. The molecule has 0 aromatic heterocycles. The van der Waals surface area contributed by atoms with E-state index in [4.69, 9.17) is 5.73 Å². The Labute approximate surface area is 123 Å². The van der Waals surface area contributed by atoms with Crippen LogP contribution in [-0.2, 0) is 0 Å². The molecule has 0 aliphatic heterocycles. The SMILES string of the molecule is Nc1ccc(N(c2ccccc2)c2ccc(O)cc2)cc1. The molecule has 0 aliphatic carbocycles.